The Morgan fingerprint density at radius 1 is 1.45 bits per heavy atom. The molecule has 1 amide bonds. The van der Waals surface area contributed by atoms with Crippen molar-refractivity contribution in [2.24, 2.45) is 11.8 Å². The van der Waals surface area contributed by atoms with E-state index >= 15 is 0 Å². The van der Waals surface area contributed by atoms with Gasteiger partial charge in [0.25, 0.3) is 0 Å². The van der Waals surface area contributed by atoms with E-state index in [0.29, 0.717) is 11.6 Å². The van der Waals surface area contributed by atoms with Crippen LogP contribution in [0.2, 0.25) is 0 Å². The van der Waals surface area contributed by atoms with Crippen LogP contribution in [-0.4, -0.2) is 26.8 Å². The lowest BCUT2D eigenvalue weighted by atomic mass is 9.99. The summed E-state index contributed by atoms with van der Waals surface area (Å²) in [6, 6.07) is 0. The Hall–Kier alpha value is -1.60. The fourth-order valence-electron chi connectivity index (χ4n) is 2.15. The fourth-order valence-corrected chi connectivity index (χ4v) is 2.15. The predicted octanol–water partition coefficient (Wildman–Crippen LogP) is 1.67. The van der Waals surface area contributed by atoms with Crippen molar-refractivity contribution in [1.29, 1.82) is 0 Å². The molecule has 1 aliphatic heterocycles. The predicted molar refractivity (Wildman–Crippen MR) is 64.6 cm³/mol. The molecule has 0 spiro atoms. The van der Waals surface area contributed by atoms with Crippen molar-refractivity contribution < 1.29 is 18.0 Å². The fraction of sp³-hybridized carbons (Fsp3) is 0.750. The van der Waals surface area contributed by atoms with E-state index in [9.17, 15) is 18.0 Å². The molecule has 1 aromatic heterocycles. The van der Waals surface area contributed by atoms with Crippen molar-refractivity contribution >= 4 is 5.91 Å². The van der Waals surface area contributed by atoms with Gasteiger partial charge in [0.15, 0.2) is 5.82 Å². The van der Waals surface area contributed by atoms with Crippen molar-refractivity contribution in [1.82, 2.24) is 20.1 Å². The number of nitrogens with one attached hydrogen (secondary N) is 1. The summed E-state index contributed by atoms with van der Waals surface area (Å²) in [5.41, 5.74) is 0. The maximum absolute atomic E-state index is 12.8. The molecule has 1 N–H and O–H groups in total. The standard InChI is InChI=1S/C12H17F3N4O/c1-7(2)11(20)16-5-10-18-17-9-4-3-8(6-19(9)10)12(13,14)15/h7-8H,3-6H2,1-2H3,(H,16,20)/t8-/m1/s1. The molecule has 5 nitrogen and oxygen atoms in total. The third-order valence-corrected chi connectivity index (χ3v) is 3.43. The lowest BCUT2D eigenvalue weighted by molar-refractivity contribution is -0.182. The molecule has 0 saturated heterocycles. The molecule has 20 heavy (non-hydrogen) atoms. The number of carbonyl (C=O) groups is 1. The van der Waals surface area contributed by atoms with Crippen molar-refractivity contribution in [2.75, 3.05) is 0 Å². The van der Waals surface area contributed by atoms with Crippen molar-refractivity contribution in [3.05, 3.63) is 11.6 Å². The molecule has 0 saturated carbocycles. The highest BCUT2D eigenvalue weighted by Gasteiger charge is 2.42. The molecule has 0 fully saturated rings. The molecule has 112 valence electrons. The third-order valence-electron chi connectivity index (χ3n) is 3.43. The summed E-state index contributed by atoms with van der Waals surface area (Å²) in [5, 5.41) is 10.4. The van der Waals surface area contributed by atoms with Crippen molar-refractivity contribution in [3.63, 3.8) is 0 Å². The number of aryl methyl sites for hydroxylation is 1. The first-order valence-electron chi connectivity index (χ1n) is 6.54. The summed E-state index contributed by atoms with van der Waals surface area (Å²) in [7, 11) is 0. The zero-order valence-electron chi connectivity index (χ0n) is 11.4. The van der Waals surface area contributed by atoms with E-state index in [2.05, 4.69) is 15.5 Å². The second-order valence-electron chi connectivity index (χ2n) is 5.29. The van der Waals surface area contributed by atoms with Crippen molar-refractivity contribution in [2.45, 2.75) is 46.0 Å². The molecule has 0 aliphatic carbocycles. The Morgan fingerprint density at radius 2 is 2.15 bits per heavy atom. The molecule has 1 aliphatic rings. The summed E-state index contributed by atoms with van der Waals surface area (Å²) in [5.74, 6) is -0.778. The molecule has 0 radical (unpaired) electrons. The van der Waals surface area contributed by atoms with Gasteiger partial charge in [0.05, 0.1) is 12.5 Å². The van der Waals surface area contributed by atoms with E-state index in [-0.39, 0.29) is 37.8 Å². The van der Waals surface area contributed by atoms with Crippen LogP contribution in [0.1, 0.15) is 31.9 Å². The van der Waals surface area contributed by atoms with E-state index in [1.54, 1.807) is 13.8 Å². The Morgan fingerprint density at radius 3 is 2.75 bits per heavy atom. The van der Waals surface area contributed by atoms with Crippen molar-refractivity contribution in [3.8, 4) is 0 Å². The maximum Gasteiger partial charge on any atom is 0.393 e. The first-order valence-corrected chi connectivity index (χ1v) is 6.54. The molecule has 1 aromatic rings. The van der Waals surface area contributed by atoms with Gasteiger partial charge < -0.3 is 9.88 Å². The molecule has 2 rings (SSSR count). The molecule has 2 heterocycles. The van der Waals surface area contributed by atoms with Crippen LogP contribution in [-0.2, 0) is 24.3 Å². The highest BCUT2D eigenvalue weighted by Crippen LogP contribution is 2.34. The Labute approximate surface area is 114 Å². The Bertz CT molecular complexity index is 495. The lowest BCUT2D eigenvalue weighted by Crippen LogP contribution is -2.34. The first kappa shape index (κ1) is 14.8. The van der Waals surface area contributed by atoms with Gasteiger partial charge in [0.1, 0.15) is 5.82 Å². The number of hydrogen-bond acceptors (Lipinski definition) is 3. The van der Waals surface area contributed by atoms with E-state index in [1.807, 2.05) is 0 Å². The van der Waals surface area contributed by atoms with Crippen LogP contribution >= 0.6 is 0 Å². The Kier molecular flexibility index (Phi) is 4.01. The summed E-state index contributed by atoms with van der Waals surface area (Å²) in [6.07, 6.45) is -3.91. The van der Waals surface area contributed by atoms with Gasteiger partial charge in [-0.2, -0.15) is 13.2 Å². The largest absolute Gasteiger partial charge is 0.393 e. The van der Waals surface area contributed by atoms with E-state index in [0.717, 1.165) is 0 Å². The van der Waals surface area contributed by atoms with Crippen LogP contribution in [0.25, 0.3) is 0 Å². The highest BCUT2D eigenvalue weighted by molar-refractivity contribution is 5.77. The van der Waals surface area contributed by atoms with Crippen LogP contribution in [0.4, 0.5) is 13.2 Å². The molecule has 0 unspecified atom stereocenters. The van der Waals surface area contributed by atoms with Crippen LogP contribution in [0, 0.1) is 11.8 Å². The second kappa shape index (κ2) is 5.41. The van der Waals surface area contributed by atoms with Gasteiger partial charge in [-0.15, -0.1) is 10.2 Å². The van der Waals surface area contributed by atoms with Gasteiger partial charge in [-0.1, -0.05) is 13.8 Å². The lowest BCUT2D eigenvalue weighted by Gasteiger charge is -2.26. The zero-order valence-corrected chi connectivity index (χ0v) is 11.4. The molecule has 8 heteroatoms. The average Bonchev–Trinajstić information content (AvgIpc) is 2.77. The Balaban J connectivity index is 2.08. The minimum absolute atomic E-state index is 0.0417. The topological polar surface area (TPSA) is 59.8 Å². The molecular weight excluding hydrogens is 273 g/mol. The number of alkyl halides is 3. The second-order valence-corrected chi connectivity index (χ2v) is 5.29. The number of hydrogen-bond donors (Lipinski definition) is 1. The number of carbonyl (C=O) groups excluding carboxylic acids is 1. The van der Waals surface area contributed by atoms with E-state index < -0.39 is 12.1 Å². The zero-order chi connectivity index (χ0) is 14.9. The minimum atomic E-state index is -4.21. The van der Waals surface area contributed by atoms with Crippen LogP contribution in [0.3, 0.4) is 0 Å². The van der Waals surface area contributed by atoms with Crippen LogP contribution in [0.5, 0.6) is 0 Å². The smallest absolute Gasteiger partial charge is 0.349 e. The minimum Gasteiger partial charge on any atom is -0.349 e. The quantitative estimate of drug-likeness (QED) is 0.921. The number of halogens is 3. The van der Waals surface area contributed by atoms with Crippen LogP contribution in [0.15, 0.2) is 0 Å². The molecule has 1 atom stereocenters. The van der Waals surface area contributed by atoms with Gasteiger partial charge in [-0.3, -0.25) is 4.79 Å². The number of amides is 1. The van der Waals surface area contributed by atoms with Gasteiger partial charge in [-0.05, 0) is 6.42 Å². The van der Waals surface area contributed by atoms with Gasteiger partial charge in [0, 0.05) is 18.9 Å². The molecule has 0 aromatic carbocycles. The third kappa shape index (κ3) is 3.10. The monoisotopic (exact) mass is 290 g/mol. The summed E-state index contributed by atoms with van der Waals surface area (Å²) >= 11 is 0. The first-order chi connectivity index (χ1) is 9.29. The van der Waals surface area contributed by atoms with Gasteiger partial charge >= 0.3 is 6.18 Å². The van der Waals surface area contributed by atoms with E-state index in [1.165, 1.54) is 4.57 Å². The van der Waals surface area contributed by atoms with Gasteiger partial charge in [0.2, 0.25) is 5.91 Å². The summed E-state index contributed by atoms with van der Waals surface area (Å²) in [4.78, 5) is 11.5. The summed E-state index contributed by atoms with van der Waals surface area (Å²) < 4.78 is 39.8. The van der Waals surface area contributed by atoms with Gasteiger partial charge in [-0.25, -0.2) is 0 Å². The number of aromatic nitrogens is 3. The number of nitrogens with zero attached hydrogens (tertiary/aromatic N) is 3. The average molecular weight is 290 g/mol. The maximum atomic E-state index is 12.8. The molecule has 0 bridgehead atoms. The normalized spacial score (nSPS) is 19.0. The number of rotatable bonds is 3. The van der Waals surface area contributed by atoms with Crippen LogP contribution < -0.4 is 5.32 Å². The molecular formula is C12H17F3N4O. The van der Waals surface area contributed by atoms with E-state index in [4.69, 9.17) is 0 Å². The summed E-state index contributed by atoms with van der Waals surface area (Å²) in [6.45, 7) is 3.43. The highest BCUT2D eigenvalue weighted by atomic mass is 19.4. The SMILES string of the molecule is CC(C)C(=O)NCc1nnc2n1C[C@H](C(F)(F)F)CC2. The number of fused-ring (bicyclic) bond motifs is 1.